The van der Waals surface area contributed by atoms with Gasteiger partial charge < -0.3 is 10.6 Å². The number of halogens is 1. The van der Waals surface area contributed by atoms with Crippen molar-refractivity contribution in [2.24, 2.45) is 0 Å². The Morgan fingerprint density at radius 1 is 1.67 bits per heavy atom. The smallest absolute Gasteiger partial charge is 0.143 e. The summed E-state index contributed by atoms with van der Waals surface area (Å²) < 4.78 is 0.863. The van der Waals surface area contributed by atoms with Gasteiger partial charge >= 0.3 is 0 Å². The van der Waals surface area contributed by atoms with Crippen molar-refractivity contribution in [1.29, 1.82) is 5.26 Å². The number of nitrogens with two attached hydrogens (primary N) is 1. The Bertz CT molecular complexity index is 372. The van der Waals surface area contributed by atoms with Crippen LogP contribution in [0.1, 0.15) is 13.3 Å². The fraction of sp³-hybridized carbons (Fsp3) is 0.400. The van der Waals surface area contributed by atoms with Crippen molar-refractivity contribution < 1.29 is 0 Å². The second kappa shape index (κ2) is 5.56. The predicted octanol–water partition coefficient (Wildman–Crippen LogP) is 2.17. The Balaban J connectivity index is 2.87. The van der Waals surface area contributed by atoms with Crippen LogP contribution in [0.25, 0.3) is 0 Å². The summed E-state index contributed by atoms with van der Waals surface area (Å²) in [6.07, 6.45) is 2.11. The zero-order valence-electron chi connectivity index (χ0n) is 8.57. The number of nitrogens with zero attached hydrogens (tertiary/aromatic N) is 3. The van der Waals surface area contributed by atoms with Crippen LogP contribution in [0.15, 0.2) is 16.7 Å². The molecule has 1 aromatic heterocycles. The van der Waals surface area contributed by atoms with E-state index >= 15 is 0 Å². The van der Waals surface area contributed by atoms with Gasteiger partial charge in [-0.3, -0.25) is 0 Å². The van der Waals surface area contributed by atoms with Gasteiger partial charge in [0.05, 0.1) is 28.8 Å². The highest BCUT2D eigenvalue weighted by Crippen LogP contribution is 2.25. The molecule has 0 atom stereocenters. The Kier molecular flexibility index (Phi) is 4.37. The van der Waals surface area contributed by atoms with Gasteiger partial charge in [0.15, 0.2) is 0 Å². The molecule has 0 radical (unpaired) electrons. The van der Waals surface area contributed by atoms with E-state index < -0.39 is 0 Å². The maximum Gasteiger partial charge on any atom is 0.143 e. The highest BCUT2D eigenvalue weighted by atomic mass is 79.9. The lowest BCUT2D eigenvalue weighted by Gasteiger charge is -2.21. The van der Waals surface area contributed by atoms with E-state index in [-0.39, 0.29) is 0 Å². The number of nitrogen functional groups attached to an aromatic ring is 1. The Labute approximate surface area is 97.8 Å². The first kappa shape index (κ1) is 11.8. The highest BCUT2D eigenvalue weighted by Gasteiger charge is 2.09. The maximum atomic E-state index is 8.54. The fourth-order valence-electron chi connectivity index (χ4n) is 1.28. The summed E-state index contributed by atoms with van der Waals surface area (Å²) in [5, 5.41) is 8.54. The second-order valence-corrected chi connectivity index (χ2v) is 3.92. The monoisotopic (exact) mass is 268 g/mol. The van der Waals surface area contributed by atoms with E-state index in [1.54, 1.807) is 6.20 Å². The third-order valence-corrected chi connectivity index (χ3v) is 2.60. The lowest BCUT2D eigenvalue weighted by molar-refractivity contribution is 0.808. The van der Waals surface area contributed by atoms with Gasteiger partial charge in [0.25, 0.3) is 0 Å². The summed E-state index contributed by atoms with van der Waals surface area (Å²) in [4.78, 5) is 6.28. The molecule has 1 rings (SSSR count). The lowest BCUT2D eigenvalue weighted by atomic mass is 10.3. The van der Waals surface area contributed by atoms with E-state index in [2.05, 4.69) is 27.0 Å². The Morgan fingerprint density at radius 2 is 2.40 bits per heavy atom. The molecule has 1 heterocycles. The zero-order valence-corrected chi connectivity index (χ0v) is 10.2. The largest absolute Gasteiger partial charge is 0.397 e. The maximum absolute atomic E-state index is 8.54. The van der Waals surface area contributed by atoms with Crippen molar-refractivity contribution in [2.75, 3.05) is 23.7 Å². The van der Waals surface area contributed by atoms with Gasteiger partial charge in [-0.25, -0.2) is 4.98 Å². The second-order valence-electron chi connectivity index (χ2n) is 3.06. The minimum atomic E-state index is 0.492. The third-order valence-electron chi connectivity index (χ3n) is 2.02. The molecule has 2 N–H and O–H groups in total. The number of anilines is 2. The SMILES string of the molecule is CCN(CCC#N)c1ncc(N)cc1Br. The molecule has 0 saturated heterocycles. The molecule has 1 aromatic rings. The fourth-order valence-corrected chi connectivity index (χ4v) is 1.89. The van der Waals surface area contributed by atoms with E-state index in [9.17, 15) is 0 Å². The van der Waals surface area contributed by atoms with Crippen molar-refractivity contribution >= 4 is 27.4 Å². The van der Waals surface area contributed by atoms with Gasteiger partial charge in [-0.2, -0.15) is 5.26 Å². The van der Waals surface area contributed by atoms with Crippen LogP contribution >= 0.6 is 15.9 Å². The highest BCUT2D eigenvalue weighted by molar-refractivity contribution is 9.10. The molecule has 0 saturated carbocycles. The van der Waals surface area contributed by atoms with Crippen LogP contribution in [-0.2, 0) is 0 Å². The first-order valence-electron chi connectivity index (χ1n) is 4.72. The van der Waals surface area contributed by atoms with E-state index in [0.717, 1.165) is 16.8 Å². The van der Waals surface area contributed by atoms with Crippen molar-refractivity contribution in [1.82, 2.24) is 4.98 Å². The minimum absolute atomic E-state index is 0.492. The normalized spacial score (nSPS) is 9.67. The standard InChI is InChI=1S/C10H13BrN4/c1-2-15(5-3-4-12)10-9(11)6-8(13)7-14-10/h6-7H,2-3,5,13H2,1H3. The molecule has 0 fully saturated rings. The summed E-state index contributed by atoms with van der Waals surface area (Å²) in [5.74, 6) is 0.835. The van der Waals surface area contributed by atoms with Crippen LogP contribution in [0.4, 0.5) is 11.5 Å². The van der Waals surface area contributed by atoms with Crippen molar-refractivity contribution in [3.8, 4) is 6.07 Å². The Hall–Kier alpha value is -1.28. The molecule has 0 aromatic carbocycles. The molecule has 0 aliphatic heterocycles. The number of rotatable bonds is 4. The topological polar surface area (TPSA) is 65.9 Å². The predicted molar refractivity (Wildman–Crippen MR) is 64.5 cm³/mol. The van der Waals surface area contributed by atoms with Gasteiger partial charge in [-0.1, -0.05) is 0 Å². The molecule has 15 heavy (non-hydrogen) atoms. The van der Waals surface area contributed by atoms with Gasteiger partial charge in [0, 0.05) is 13.1 Å². The van der Waals surface area contributed by atoms with Crippen LogP contribution in [-0.4, -0.2) is 18.1 Å². The van der Waals surface area contributed by atoms with Gasteiger partial charge in [0.2, 0.25) is 0 Å². The number of nitriles is 1. The molecule has 80 valence electrons. The third kappa shape index (κ3) is 3.10. The van der Waals surface area contributed by atoms with E-state index in [1.165, 1.54) is 0 Å². The molecule has 0 spiro atoms. The molecular weight excluding hydrogens is 256 g/mol. The van der Waals surface area contributed by atoms with E-state index in [1.807, 2.05) is 17.9 Å². The quantitative estimate of drug-likeness (QED) is 0.909. The number of hydrogen-bond acceptors (Lipinski definition) is 4. The molecule has 0 bridgehead atoms. The van der Waals surface area contributed by atoms with Crippen LogP contribution < -0.4 is 10.6 Å². The molecule has 5 heteroatoms. The number of aromatic nitrogens is 1. The average molecular weight is 269 g/mol. The summed E-state index contributed by atoms with van der Waals surface area (Å²) in [6.45, 7) is 3.53. The first-order valence-corrected chi connectivity index (χ1v) is 5.51. The van der Waals surface area contributed by atoms with Crippen molar-refractivity contribution in [3.05, 3.63) is 16.7 Å². The number of pyridine rings is 1. The van der Waals surface area contributed by atoms with Crippen LogP contribution in [0.2, 0.25) is 0 Å². The van der Waals surface area contributed by atoms with Gasteiger partial charge in [0.1, 0.15) is 5.82 Å². The number of hydrogen-bond donors (Lipinski definition) is 1. The molecule has 4 nitrogen and oxygen atoms in total. The summed E-state index contributed by atoms with van der Waals surface area (Å²) >= 11 is 3.41. The minimum Gasteiger partial charge on any atom is -0.397 e. The van der Waals surface area contributed by atoms with Crippen molar-refractivity contribution in [2.45, 2.75) is 13.3 Å². The van der Waals surface area contributed by atoms with E-state index in [4.69, 9.17) is 11.0 Å². The van der Waals surface area contributed by atoms with Gasteiger partial charge in [-0.05, 0) is 28.9 Å². The molecule has 0 amide bonds. The Morgan fingerprint density at radius 3 is 2.93 bits per heavy atom. The van der Waals surface area contributed by atoms with Crippen LogP contribution in [0, 0.1) is 11.3 Å². The molecule has 0 aliphatic carbocycles. The first-order chi connectivity index (χ1) is 7.19. The zero-order chi connectivity index (χ0) is 11.3. The van der Waals surface area contributed by atoms with E-state index in [0.29, 0.717) is 18.7 Å². The van der Waals surface area contributed by atoms with Gasteiger partial charge in [-0.15, -0.1) is 0 Å². The summed E-state index contributed by atoms with van der Waals surface area (Å²) in [7, 11) is 0. The van der Waals surface area contributed by atoms with Crippen LogP contribution in [0.5, 0.6) is 0 Å². The average Bonchev–Trinajstić information content (AvgIpc) is 2.21. The summed E-state index contributed by atoms with van der Waals surface area (Å²) in [6, 6.07) is 3.94. The molecular formula is C10H13BrN4. The molecule has 0 aliphatic rings. The van der Waals surface area contributed by atoms with Crippen LogP contribution in [0.3, 0.4) is 0 Å². The lowest BCUT2D eigenvalue weighted by Crippen LogP contribution is -2.25. The summed E-state index contributed by atoms with van der Waals surface area (Å²) in [5.41, 5.74) is 6.23. The molecule has 0 unspecified atom stereocenters. The van der Waals surface area contributed by atoms with Crippen molar-refractivity contribution in [3.63, 3.8) is 0 Å².